The van der Waals surface area contributed by atoms with Gasteiger partial charge in [0.05, 0.1) is 5.56 Å². The van der Waals surface area contributed by atoms with Crippen LogP contribution in [0, 0.1) is 0 Å². The lowest BCUT2D eigenvalue weighted by atomic mass is 10.1. The van der Waals surface area contributed by atoms with E-state index in [1.165, 1.54) is 12.1 Å². The fourth-order valence-electron chi connectivity index (χ4n) is 1.78. The predicted molar refractivity (Wildman–Crippen MR) is 63.3 cm³/mol. The summed E-state index contributed by atoms with van der Waals surface area (Å²) in [5.41, 5.74) is 0.898. The molecule has 0 spiro atoms. The second-order valence-corrected chi connectivity index (χ2v) is 4.87. The number of benzene rings is 1. The van der Waals surface area contributed by atoms with E-state index >= 15 is 0 Å². The lowest BCUT2D eigenvalue weighted by Gasteiger charge is -1.98. The van der Waals surface area contributed by atoms with Crippen LogP contribution in [0.5, 0.6) is 0 Å². The molecule has 3 rings (SSSR count). The third-order valence-corrected chi connectivity index (χ3v) is 3.32. The van der Waals surface area contributed by atoms with Gasteiger partial charge in [-0.05, 0) is 31.0 Å². The van der Waals surface area contributed by atoms with E-state index in [2.05, 4.69) is 17.1 Å². The predicted octanol–water partition coefficient (Wildman–Crippen LogP) is 2.49. The van der Waals surface area contributed by atoms with Gasteiger partial charge < -0.3 is 9.63 Å². The van der Waals surface area contributed by atoms with Crippen molar-refractivity contribution in [3.63, 3.8) is 0 Å². The highest BCUT2D eigenvalue weighted by atomic mass is 16.5. The lowest BCUT2D eigenvalue weighted by Crippen LogP contribution is -2.01. The third kappa shape index (κ3) is 1.77. The van der Waals surface area contributed by atoms with Crippen LogP contribution in [0.25, 0.3) is 11.5 Å². The third-order valence-electron chi connectivity index (χ3n) is 3.32. The molecular weight excluding hydrogens is 232 g/mol. The van der Waals surface area contributed by atoms with Gasteiger partial charge in [-0.1, -0.05) is 18.1 Å². The first kappa shape index (κ1) is 11.0. The second kappa shape index (κ2) is 3.66. The van der Waals surface area contributed by atoms with Gasteiger partial charge in [-0.2, -0.15) is 4.98 Å². The van der Waals surface area contributed by atoms with Crippen molar-refractivity contribution in [1.82, 2.24) is 10.1 Å². The molecule has 92 valence electrons. The zero-order valence-corrected chi connectivity index (χ0v) is 9.88. The maximum absolute atomic E-state index is 10.9. The summed E-state index contributed by atoms with van der Waals surface area (Å²) in [6, 6.07) is 6.50. The van der Waals surface area contributed by atoms with E-state index in [4.69, 9.17) is 9.63 Å². The van der Waals surface area contributed by atoms with Gasteiger partial charge in [-0.25, -0.2) is 4.79 Å². The first-order valence-electron chi connectivity index (χ1n) is 5.76. The standard InChI is InChI=1S/C13H12N2O3/c1-13(5-6-13)12-14-10(18-15-12)8-3-2-4-9(7-8)11(16)17/h2-4,7H,5-6H2,1H3,(H,16,17). The fourth-order valence-corrected chi connectivity index (χ4v) is 1.78. The molecule has 0 radical (unpaired) electrons. The number of hydrogen-bond donors (Lipinski definition) is 1. The number of carboxylic acids is 1. The summed E-state index contributed by atoms with van der Waals surface area (Å²) in [5.74, 6) is 0.116. The molecule has 1 aromatic carbocycles. The Bertz CT molecular complexity index is 614. The van der Waals surface area contributed by atoms with Gasteiger partial charge in [0.15, 0.2) is 5.82 Å². The number of hydrogen-bond acceptors (Lipinski definition) is 4. The van der Waals surface area contributed by atoms with Gasteiger partial charge in [0, 0.05) is 11.0 Å². The van der Waals surface area contributed by atoms with E-state index in [1.54, 1.807) is 12.1 Å². The maximum atomic E-state index is 10.9. The van der Waals surface area contributed by atoms with E-state index < -0.39 is 5.97 Å². The molecule has 0 saturated heterocycles. The molecule has 1 fully saturated rings. The molecule has 18 heavy (non-hydrogen) atoms. The minimum Gasteiger partial charge on any atom is -0.478 e. The SMILES string of the molecule is CC1(c2noc(-c3cccc(C(=O)O)c3)n2)CC1. The minimum atomic E-state index is -0.967. The van der Waals surface area contributed by atoms with Crippen LogP contribution >= 0.6 is 0 Å². The Balaban J connectivity index is 1.97. The highest BCUT2D eigenvalue weighted by molar-refractivity contribution is 5.88. The lowest BCUT2D eigenvalue weighted by molar-refractivity contribution is 0.0697. The molecule has 2 aromatic rings. The molecule has 0 atom stereocenters. The molecular formula is C13H12N2O3. The number of aromatic carboxylic acids is 1. The number of rotatable bonds is 3. The molecule has 1 N–H and O–H groups in total. The van der Waals surface area contributed by atoms with E-state index in [0.717, 1.165) is 12.8 Å². The number of aromatic nitrogens is 2. The average molecular weight is 244 g/mol. The van der Waals surface area contributed by atoms with Crippen LogP contribution in [0.3, 0.4) is 0 Å². The summed E-state index contributed by atoms with van der Waals surface area (Å²) in [5, 5.41) is 12.9. The smallest absolute Gasteiger partial charge is 0.335 e. The molecule has 1 saturated carbocycles. The Morgan fingerprint density at radius 3 is 2.89 bits per heavy atom. The minimum absolute atomic E-state index is 0.0478. The van der Waals surface area contributed by atoms with Crippen LogP contribution in [0.1, 0.15) is 35.9 Å². The number of carboxylic acid groups (broad SMARTS) is 1. The molecule has 1 heterocycles. The second-order valence-electron chi connectivity index (χ2n) is 4.87. The summed E-state index contributed by atoms with van der Waals surface area (Å²) in [6.45, 7) is 2.09. The zero-order chi connectivity index (χ0) is 12.8. The topological polar surface area (TPSA) is 76.2 Å². The molecule has 0 unspecified atom stereocenters. The van der Waals surface area contributed by atoms with Crippen LogP contribution in [0.15, 0.2) is 28.8 Å². The van der Waals surface area contributed by atoms with Crippen molar-refractivity contribution in [2.24, 2.45) is 0 Å². The molecule has 0 bridgehead atoms. The van der Waals surface area contributed by atoms with Crippen LogP contribution in [-0.4, -0.2) is 21.2 Å². The molecule has 1 aliphatic rings. The molecule has 1 aromatic heterocycles. The van der Waals surface area contributed by atoms with Gasteiger partial charge in [-0.15, -0.1) is 0 Å². The fraction of sp³-hybridized carbons (Fsp3) is 0.308. The van der Waals surface area contributed by atoms with E-state index in [0.29, 0.717) is 17.3 Å². The highest BCUT2D eigenvalue weighted by Crippen LogP contribution is 2.46. The number of nitrogens with zero attached hydrogens (tertiary/aromatic N) is 2. The van der Waals surface area contributed by atoms with Crippen LogP contribution in [0.4, 0.5) is 0 Å². The van der Waals surface area contributed by atoms with Gasteiger partial charge >= 0.3 is 5.97 Å². The normalized spacial score (nSPS) is 16.5. The number of carbonyl (C=O) groups is 1. The molecule has 0 amide bonds. The summed E-state index contributed by atoms with van der Waals surface area (Å²) < 4.78 is 5.20. The highest BCUT2D eigenvalue weighted by Gasteiger charge is 2.43. The first-order chi connectivity index (χ1) is 8.58. The summed E-state index contributed by atoms with van der Waals surface area (Å²) >= 11 is 0. The van der Waals surface area contributed by atoms with Gasteiger partial charge in [0.1, 0.15) is 0 Å². The molecule has 5 heteroatoms. The quantitative estimate of drug-likeness (QED) is 0.897. The largest absolute Gasteiger partial charge is 0.478 e. The van der Waals surface area contributed by atoms with Crippen molar-refractivity contribution in [2.45, 2.75) is 25.2 Å². The van der Waals surface area contributed by atoms with Crippen molar-refractivity contribution < 1.29 is 14.4 Å². The Morgan fingerprint density at radius 1 is 1.44 bits per heavy atom. The van der Waals surface area contributed by atoms with Crippen LogP contribution in [0.2, 0.25) is 0 Å². The summed E-state index contributed by atoms with van der Waals surface area (Å²) in [7, 11) is 0. The first-order valence-corrected chi connectivity index (χ1v) is 5.76. The summed E-state index contributed by atoms with van der Waals surface area (Å²) in [4.78, 5) is 15.2. The van der Waals surface area contributed by atoms with E-state index in [-0.39, 0.29) is 11.0 Å². The Labute approximate surface area is 103 Å². The van der Waals surface area contributed by atoms with Gasteiger partial charge in [-0.3, -0.25) is 0 Å². The Kier molecular flexibility index (Phi) is 2.23. The van der Waals surface area contributed by atoms with E-state index in [9.17, 15) is 4.79 Å². The van der Waals surface area contributed by atoms with E-state index in [1.807, 2.05) is 0 Å². The van der Waals surface area contributed by atoms with Crippen molar-refractivity contribution in [3.05, 3.63) is 35.7 Å². The summed E-state index contributed by atoms with van der Waals surface area (Å²) in [6.07, 6.45) is 2.14. The van der Waals surface area contributed by atoms with Crippen LogP contribution in [-0.2, 0) is 5.41 Å². The molecule has 1 aliphatic carbocycles. The van der Waals surface area contributed by atoms with Gasteiger partial charge in [0.25, 0.3) is 5.89 Å². The average Bonchev–Trinajstić information content (AvgIpc) is 2.94. The van der Waals surface area contributed by atoms with Crippen molar-refractivity contribution in [2.75, 3.05) is 0 Å². The monoisotopic (exact) mass is 244 g/mol. The maximum Gasteiger partial charge on any atom is 0.335 e. The van der Waals surface area contributed by atoms with Crippen LogP contribution < -0.4 is 0 Å². The Morgan fingerprint density at radius 2 is 2.22 bits per heavy atom. The Hall–Kier alpha value is -2.17. The van der Waals surface area contributed by atoms with Crippen molar-refractivity contribution >= 4 is 5.97 Å². The van der Waals surface area contributed by atoms with Crippen molar-refractivity contribution in [1.29, 1.82) is 0 Å². The van der Waals surface area contributed by atoms with Crippen molar-refractivity contribution in [3.8, 4) is 11.5 Å². The van der Waals surface area contributed by atoms with Gasteiger partial charge in [0.2, 0.25) is 0 Å². The molecule has 0 aliphatic heterocycles. The molecule has 5 nitrogen and oxygen atoms in total. The zero-order valence-electron chi connectivity index (χ0n) is 9.88.